The maximum absolute atomic E-state index is 10.8. The minimum absolute atomic E-state index is 0. The molecule has 0 bridgehead atoms. The molecule has 2 heterocycles. The van der Waals surface area contributed by atoms with Gasteiger partial charge in [0.2, 0.25) is 0 Å². The van der Waals surface area contributed by atoms with Gasteiger partial charge < -0.3 is 16.2 Å². The lowest BCUT2D eigenvalue weighted by atomic mass is 10.2. The fourth-order valence-electron chi connectivity index (χ4n) is 1.38. The second-order valence-corrected chi connectivity index (χ2v) is 3.22. The maximum atomic E-state index is 10.8. The molecule has 15 heavy (non-hydrogen) atoms. The first-order chi connectivity index (χ1) is 6.68. The fraction of sp³-hybridized carbons (Fsp3) is 0.571. The minimum Gasteiger partial charge on any atom is -0.377 e. The van der Waals surface area contributed by atoms with Crippen molar-refractivity contribution in [3.05, 3.63) is 11.9 Å². The smallest absolute Gasteiger partial charge is 0.270 e. The second kappa shape index (κ2) is 4.56. The molecule has 1 aliphatic rings. The molecule has 1 fully saturated rings. The zero-order valence-corrected chi connectivity index (χ0v) is 8.68. The molecule has 0 aliphatic carbocycles. The molecule has 0 saturated carbocycles. The van der Waals surface area contributed by atoms with Crippen LogP contribution in [0.1, 0.15) is 16.5 Å². The van der Waals surface area contributed by atoms with Gasteiger partial charge in [0, 0.05) is 0 Å². The standard InChI is InChI=1S/C7H11N5O2.ClH/c8-4-2-14-3-6(4)12-1-5(7(9)13)10-11-12;/h1,4,6H,2-3,8H2,(H2,9,13);1H/t4-,6+;/m0./s1. The third-order valence-corrected chi connectivity index (χ3v) is 2.20. The van der Waals surface area contributed by atoms with Gasteiger partial charge in [0.15, 0.2) is 5.69 Å². The number of carbonyl (C=O) groups excluding carboxylic acids is 1. The van der Waals surface area contributed by atoms with Crippen molar-refractivity contribution in [2.24, 2.45) is 11.5 Å². The van der Waals surface area contributed by atoms with Crippen LogP contribution in [0.4, 0.5) is 0 Å². The number of amides is 1. The number of nitrogens with zero attached hydrogens (tertiary/aromatic N) is 3. The van der Waals surface area contributed by atoms with Gasteiger partial charge in [-0.15, -0.1) is 17.5 Å². The number of nitrogens with two attached hydrogens (primary N) is 2. The normalized spacial score (nSPS) is 24.9. The van der Waals surface area contributed by atoms with E-state index >= 15 is 0 Å². The SMILES string of the molecule is Cl.NC(=O)c1cn([C@@H]2COC[C@@H]2N)nn1. The number of primary amides is 1. The number of rotatable bonds is 2. The summed E-state index contributed by atoms with van der Waals surface area (Å²) in [6, 6.07) is -0.173. The first-order valence-electron chi connectivity index (χ1n) is 4.23. The molecule has 1 amide bonds. The van der Waals surface area contributed by atoms with E-state index in [1.165, 1.54) is 10.9 Å². The van der Waals surface area contributed by atoms with Crippen LogP contribution in [0, 0.1) is 0 Å². The molecular weight excluding hydrogens is 222 g/mol. The Labute approximate surface area is 92.2 Å². The molecule has 0 spiro atoms. The Bertz CT molecular complexity index is 355. The third kappa shape index (κ3) is 2.25. The zero-order valence-electron chi connectivity index (χ0n) is 7.87. The van der Waals surface area contributed by atoms with Gasteiger partial charge >= 0.3 is 0 Å². The third-order valence-electron chi connectivity index (χ3n) is 2.20. The summed E-state index contributed by atoms with van der Waals surface area (Å²) in [4.78, 5) is 10.8. The van der Waals surface area contributed by atoms with E-state index in [0.29, 0.717) is 13.2 Å². The van der Waals surface area contributed by atoms with E-state index < -0.39 is 5.91 Å². The molecule has 84 valence electrons. The van der Waals surface area contributed by atoms with Crippen molar-refractivity contribution in [3.63, 3.8) is 0 Å². The van der Waals surface area contributed by atoms with Crippen molar-refractivity contribution in [1.29, 1.82) is 0 Å². The van der Waals surface area contributed by atoms with E-state index in [1.807, 2.05) is 0 Å². The van der Waals surface area contributed by atoms with Crippen LogP contribution in [0.2, 0.25) is 0 Å². The molecule has 8 heteroatoms. The Morgan fingerprint density at radius 3 is 2.80 bits per heavy atom. The lowest BCUT2D eigenvalue weighted by molar-refractivity contribution is 0.0995. The lowest BCUT2D eigenvalue weighted by Gasteiger charge is -2.11. The molecule has 2 atom stereocenters. The van der Waals surface area contributed by atoms with E-state index in [9.17, 15) is 4.79 Å². The Morgan fingerprint density at radius 2 is 2.33 bits per heavy atom. The second-order valence-electron chi connectivity index (χ2n) is 3.22. The summed E-state index contributed by atoms with van der Waals surface area (Å²) in [5.41, 5.74) is 11.0. The minimum atomic E-state index is -0.594. The average Bonchev–Trinajstić information content (AvgIpc) is 2.71. The van der Waals surface area contributed by atoms with Crippen molar-refractivity contribution in [3.8, 4) is 0 Å². The van der Waals surface area contributed by atoms with Gasteiger partial charge in [0.05, 0.1) is 31.5 Å². The summed E-state index contributed by atoms with van der Waals surface area (Å²) in [5, 5.41) is 7.40. The van der Waals surface area contributed by atoms with Crippen molar-refractivity contribution in [2.45, 2.75) is 12.1 Å². The van der Waals surface area contributed by atoms with Crippen LogP contribution in [-0.2, 0) is 4.74 Å². The van der Waals surface area contributed by atoms with Crippen LogP contribution in [0.3, 0.4) is 0 Å². The summed E-state index contributed by atoms with van der Waals surface area (Å²) in [5.74, 6) is -0.594. The van der Waals surface area contributed by atoms with E-state index in [2.05, 4.69) is 10.3 Å². The monoisotopic (exact) mass is 233 g/mol. The fourth-order valence-corrected chi connectivity index (χ4v) is 1.38. The van der Waals surface area contributed by atoms with Crippen LogP contribution in [0.5, 0.6) is 0 Å². The molecule has 0 unspecified atom stereocenters. The summed E-state index contributed by atoms with van der Waals surface area (Å²) in [7, 11) is 0. The molecule has 1 aliphatic heterocycles. The average molecular weight is 234 g/mol. The van der Waals surface area contributed by atoms with E-state index in [1.54, 1.807) is 0 Å². The van der Waals surface area contributed by atoms with Crippen LogP contribution >= 0.6 is 12.4 Å². The van der Waals surface area contributed by atoms with E-state index in [4.69, 9.17) is 16.2 Å². The molecule has 4 N–H and O–H groups in total. The topological polar surface area (TPSA) is 109 Å². The van der Waals surface area contributed by atoms with Crippen LogP contribution in [0.15, 0.2) is 6.20 Å². The zero-order chi connectivity index (χ0) is 10.1. The largest absolute Gasteiger partial charge is 0.377 e. The van der Waals surface area contributed by atoms with Crippen LogP contribution in [-0.4, -0.2) is 40.2 Å². The van der Waals surface area contributed by atoms with Crippen molar-refractivity contribution < 1.29 is 9.53 Å². The molecular formula is C7H12ClN5O2. The van der Waals surface area contributed by atoms with Crippen molar-refractivity contribution in [1.82, 2.24) is 15.0 Å². The maximum Gasteiger partial charge on any atom is 0.270 e. The highest BCUT2D eigenvalue weighted by atomic mass is 35.5. The van der Waals surface area contributed by atoms with Gasteiger partial charge in [0.1, 0.15) is 0 Å². The molecule has 1 aromatic heterocycles. The molecule has 1 aromatic rings. The van der Waals surface area contributed by atoms with Gasteiger partial charge in [-0.2, -0.15) is 0 Å². The number of hydrogen-bond donors (Lipinski definition) is 2. The van der Waals surface area contributed by atoms with Crippen LogP contribution < -0.4 is 11.5 Å². The molecule has 1 saturated heterocycles. The first-order valence-corrected chi connectivity index (χ1v) is 4.23. The highest BCUT2D eigenvalue weighted by Gasteiger charge is 2.27. The Hall–Kier alpha value is -1.18. The number of ether oxygens (including phenoxy) is 1. The number of carbonyl (C=O) groups is 1. The number of hydrogen-bond acceptors (Lipinski definition) is 5. The van der Waals surface area contributed by atoms with Crippen molar-refractivity contribution >= 4 is 18.3 Å². The summed E-state index contributed by atoms with van der Waals surface area (Å²) in [6.07, 6.45) is 1.49. The predicted octanol–water partition coefficient (Wildman–Crippen LogP) is -1.30. The summed E-state index contributed by atoms with van der Waals surface area (Å²) < 4.78 is 6.69. The molecule has 7 nitrogen and oxygen atoms in total. The molecule has 2 rings (SSSR count). The summed E-state index contributed by atoms with van der Waals surface area (Å²) in [6.45, 7) is 0.985. The Morgan fingerprint density at radius 1 is 1.60 bits per heavy atom. The van der Waals surface area contributed by atoms with E-state index in [-0.39, 0.29) is 30.2 Å². The lowest BCUT2D eigenvalue weighted by Crippen LogP contribution is -2.31. The number of halogens is 1. The molecule has 0 aromatic carbocycles. The highest BCUT2D eigenvalue weighted by Crippen LogP contribution is 2.16. The first kappa shape index (κ1) is 11.9. The predicted molar refractivity (Wildman–Crippen MR) is 53.6 cm³/mol. The van der Waals surface area contributed by atoms with Gasteiger partial charge in [-0.3, -0.25) is 4.79 Å². The number of aromatic nitrogens is 3. The Balaban J connectivity index is 0.00000112. The van der Waals surface area contributed by atoms with E-state index in [0.717, 1.165) is 0 Å². The van der Waals surface area contributed by atoms with Gasteiger partial charge in [-0.05, 0) is 0 Å². The van der Waals surface area contributed by atoms with Gasteiger partial charge in [-0.1, -0.05) is 5.21 Å². The van der Waals surface area contributed by atoms with Crippen molar-refractivity contribution in [2.75, 3.05) is 13.2 Å². The van der Waals surface area contributed by atoms with Gasteiger partial charge in [0.25, 0.3) is 5.91 Å². The van der Waals surface area contributed by atoms with Gasteiger partial charge in [-0.25, -0.2) is 4.68 Å². The summed E-state index contributed by atoms with van der Waals surface area (Å²) >= 11 is 0. The quantitative estimate of drug-likeness (QED) is 0.660. The Kier molecular flexibility index (Phi) is 3.61. The molecule has 0 radical (unpaired) electrons. The van der Waals surface area contributed by atoms with Crippen LogP contribution in [0.25, 0.3) is 0 Å². The highest BCUT2D eigenvalue weighted by molar-refractivity contribution is 5.90.